The lowest BCUT2D eigenvalue weighted by molar-refractivity contribution is -0.385. The van der Waals surface area contributed by atoms with E-state index in [4.69, 9.17) is 9.47 Å². The number of carbonyl (C=O) groups is 1. The summed E-state index contributed by atoms with van der Waals surface area (Å²) in [6.45, 7) is 0.730. The Morgan fingerprint density at radius 1 is 1.27 bits per heavy atom. The van der Waals surface area contributed by atoms with Gasteiger partial charge >= 0.3 is 0 Å². The monoisotopic (exact) mass is 209 g/mol. The van der Waals surface area contributed by atoms with Crippen LogP contribution in [0.15, 0.2) is 12.1 Å². The molecule has 0 spiro atoms. The number of carbonyl (C=O) groups excluding carboxylic acids is 1. The van der Waals surface area contributed by atoms with Crippen molar-refractivity contribution in [1.82, 2.24) is 0 Å². The third-order valence-corrected chi connectivity index (χ3v) is 2.02. The fourth-order valence-electron chi connectivity index (χ4n) is 1.35. The number of benzene rings is 1. The molecule has 1 heterocycles. The first-order valence-electron chi connectivity index (χ1n) is 4.25. The van der Waals surface area contributed by atoms with E-state index in [1.165, 1.54) is 12.1 Å². The summed E-state index contributed by atoms with van der Waals surface area (Å²) in [6, 6.07) is 2.53. The van der Waals surface area contributed by atoms with E-state index in [9.17, 15) is 14.9 Å². The molecule has 0 atom stereocenters. The zero-order valence-corrected chi connectivity index (χ0v) is 7.63. The molecule has 0 unspecified atom stereocenters. The van der Waals surface area contributed by atoms with Crippen LogP contribution in [0, 0.1) is 10.1 Å². The van der Waals surface area contributed by atoms with Gasteiger partial charge < -0.3 is 9.47 Å². The van der Waals surface area contributed by atoms with Crippen molar-refractivity contribution in [2.24, 2.45) is 0 Å². The fourth-order valence-corrected chi connectivity index (χ4v) is 1.35. The average molecular weight is 209 g/mol. The lowest BCUT2D eigenvalue weighted by atomic mass is 10.1. The Hall–Kier alpha value is -2.11. The predicted octanol–water partition coefficient (Wildman–Crippen LogP) is 1.18. The highest BCUT2D eigenvalue weighted by Gasteiger charge is 2.21. The zero-order chi connectivity index (χ0) is 10.8. The molecular formula is C9H7NO5. The summed E-state index contributed by atoms with van der Waals surface area (Å²) in [5, 5.41) is 10.6. The Kier molecular flexibility index (Phi) is 2.24. The highest BCUT2D eigenvalue weighted by atomic mass is 16.6. The normalized spacial score (nSPS) is 13.3. The molecule has 78 valence electrons. The third kappa shape index (κ3) is 1.61. The van der Waals surface area contributed by atoms with Gasteiger partial charge in [0.25, 0.3) is 5.69 Å². The number of nitrogens with zero attached hydrogens (tertiary/aromatic N) is 1. The number of aldehydes is 1. The molecule has 0 bridgehead atoms. The van der Waals surface area contributed by atoms with E-state index >= 15 is 0 Å². The quantitative estimate of drug-likeness (QED) is 0.415. The topological polar surface area (TPSA) is 78.7 Å². The van der Waals surface area contributed by atoms with E-state index in [-0.39, 0.29) is 11.3 Å². The molecule has 0 fully saturated rings. The molecular weight excluding hydrogens is 202 g/mol. The van der Waals surface area contributed by atoms with Crippen molar-refractivity contribution in [1.29, 1.82) is 0 Å². The van der Waals surface area contributed by atoms with Crippen molar-refractivity contribution in [3.63, 3.8) is 0 Å². The molecule has 6 nitrogen and oxygen atoms in total. The van der Waals surface area contributed by atoms with Crippen LogP contribution in [-0.4, -0.2) is 24.4 Å². The van der Waals surface area contributed by atoms with Crippen LogP contribution in [0.3, 0.4) is 0 Å². The Labute approximate surface area is 84.6 Å². The first-order chi connectivity index (χ1) is 7.22. The van der Waals surface area contributed by atoms with Crippen molar-refractivity contribution in [2.45, 2.75) is 0 Å². The van der Waals surface area contributed by atoms with Gasteiger partial charge in [0.05, 0.1) is 16.6 Å². The Morgan fingerprint density at radius 2 is 1.87 bits per heavy atom. The number of rotatable bonds is 2. The summed E-state index contributed by atoms with van der Waals surface area (Å²) in [6.07, 6.45) is 0.427. The van der Waals surface area contributed by atoms with Crippen molar-refractivity contribution in [3.05, 3.63) is 27.8 Å². The number of hydrogen-bond donors (Lipinski definition) is 0. The summed E-state index contributed by atoms with van der Waals surface area (Å²) >= 11 is 0. The van der Waals surface area contributed by atoms with E-state index < -0.39 is 4.92 Å². The molecule has 1 aromatic carbocycles. The molecule has 0 aliphatic carbocycles. The van der Waals surface area contributed by atoms with Gasteiger partial charge in [-0.3, -0.25) is 14.9 Å². The Bertz CT molecular complexity index is 429. The maximum absolute atomic E-state index is 10.6. The Balaban J connectivity index is 2.56. The summed E-state index contributed by atoms with van der Waals surface area (Å²) in [7, 11) is 0. The molecule has 0 amide bonds. The number of nitro benzene ring substituents is 1. The smallest absolute Gasteiger partial charge is 0.283 e. The van der Waals surface area contributed by atoms with Gasteiger partial charge in [0.15, 0.2) is 17.8 Å². The van der Waals surface area contributed by atoms with Crippen LogP contribution in [0.2, 0.25) is 0 Å². The summed E-state index contributed by atoms with van der Waals surface area (Å²) < 4.78 is 10.4. The number of fused-ring (bicyclic) bond motifs is 1. The van der Waals surface area contributed by atoms with Crippen molar-refractivity contribution >= 4 is 12.0 Å². The Morgan fingerprint density at radius 3 is 2.40 bits per heavy atom. The van der Waals surface area contributed by atoms with Crippen LogP contribution < -0.4 is 9.47 Å². The number of nitro groups is 1. The standard InChI is InChI=1S/C9H7NO5/c11-5-6-3-8-9(15-2-1-14-8)4-7(6)10(12)13/h3-5H,1-2H2. The first-order valence-corrected chi connectivity index (χ1v) is 4.25. The molecule has 0 aromatic heterocycles. The predicted molar refractivity (Wildman–Crippen MR) is 49.5 cm³/mol. The van der Waals surface area contributed by atoms with E-state index in [1.54, 1.807) is 0 Å². The van der Waals surface area contributed by atoms with Crippen molar-refractivity contribution in [2.75, 3.05) is 13.2 Å². The molecule has 1 aliphatic heterocycles. The molecule has 15 heavy (non-hydrogen) atoms. The van der Waals surface area contributed by atoms with E-state index in [1.807, 2.05) is 0 Å². The van der Waals surface area contributed by atoms with Gasteiger partial charge in [0, 0.05) is 6.07 Å². The van der Waals surface area contributed by atoms with Gasteiger partial charge in [-0.2, -0.15) is 0 Å². The van der Waals surface area contributed by atoms with E-state index in [0.717, 1.165) is 0 Å². The van der Waals surface area contributed by atoms with Crippen molar-refractivity contribution < 1.29 is 19.2 Å². The average Bonchev–Trinajstić information content (AvgIpc) is 2.27. The molecule has 0 radical (unpaired) electrons. The van der Waals surface area contributed by atoms with Crippen LogP contribution in [0.1, 0.15) is 10.4 Å². The minimum absolute atomic E-state index is 0.00995. The van der Waals surface area contributed by atoms with Crippen LogP contribution >= 0.6 is 0 Å². The van der Waals surface area contributed by atoms with Gasteiger partial charge in [-0.1, -0.05) is 0 Å². The molecule has 0 N–H and O–H groups in total. The largest absolute Gasteiger partial charge is 0.486 e. The second kappa shape index (κ2) is 3.56. The molecule has 6 heteroatoms. The van der Waals surface area contributed by atoms with Crippen LogP contribution in [0.4, 0.5) is 5.69 Å². The van der Waals surface area contributed by atoms with Crippen LogP contribution in [0.5, 0.6) is 11.5 Å². The van der Waals surface area contributed by atoms with Crippen molar-refractivity contribution in [3.8, 4) is 11.5 Å². The van der Waals surface area contributed by atoms with E-state index in [0.29, 0.717) is 31.0 Å². The highest BCUT2D eigenvalue weighted by Crippen LogP contribution is 2.35. The lowest BCUT2D eigenvalue weighted by Crippen LogP contribution is -2.15. The van der Waals surface area contributed by atoms with Gasteiger partial charge in [0.2, 0.25) is 0 Å². The van der Waals surface area contributed by atoms with Gasteiger partial charge in [-0.05, 0) is 0 Å². The first kappa shape index (κ1) is 9.45. The molecule has 1 aliphatic rings. The second-order valence-corrected chi connectivity index (χ2v) is 2.93. The maximum Gasteiger partial charge on any atom is 0.283 e. The maximum atomic E-state index is 10.6. The van der Waals surface area contributed by atoms with Gasteiger partial charge in [0.1, 0.15) is 13.2 Å². The molecule has 2 rings (SSSR count). The number of hydrogen-bond acceptors (Lipinski definition) is 5. The number of ether oxygens (including phenoxy) is 2. The fraction of sp³-hybridized carbons (Fsp3) is 0.222. The zero-order valence-electron chi connectivity index (χ0n) is 7.63. The summed E-state index contributed by atoms with van der Waals surface area (Å²) in [5.41, 5.74) is -0.279. The molecule has 0 saturated heterocycles. The lowest BCUT2D eigenvalue weighted by Gasteiger charge is -2.18. The summed E-state index contributed by atoms with van der Waals surface area (Å²) in [5.74, 6) is 0.674. The summed E-state index contributed by atoms with van der Waals surface area (Å²) in [4.78, 5) is 20.6. The third-order valence-electron chi connectivity index (χ3n) is 2.02. The SMILES string of the molecule is O=Cc1cc2c(cc1[N+](=O)[O-])OCCO2. The minimum atomic E-state index is -0.623. The van der Waals surface area contributed by atoms with Gasteiger partial charge in [-0.25, -0.2) is 0 Å². The van der Waals surface area contributed by atoms with Crippen LogP contribution in [0.25, 0.3) is 0 Å². The van der Waals surface area contributed by atoms with Crippen LogP contribution in [-0.2, 0) is 0 Å². The minimum Gasteiger partial charge on any atom is -0.486 e. The molecule has 1 aromatic rings. The van der Waals surface area contributed by atoms with E-state index in [2.05, 4.69) is 0 Å². The highest BCUT2D eigenvalue weighted by molar-refractivity contribution is 5.83. The molecule has 0 saturated carbocycles. The second-order valence-electron chi connectivity index (χ2n) is 2.93. The van der Waals surface area contributed by atoms with Gasteiger partial charge in [-0.15, -0.1) is 0 Å².